The summed E-state index contributed by atoms with van der Waals surface area (Å²) in [6.45, 7) is 6.96. The van der Waals surface area contributed by atoms with E-state index >= 15 is 0 Å². The Hall–Kier alpha value is -0.610. The molecule has 2 aliphatic carbocycles. The molecule has 4 heteroatoms. The number of fused-ring (bicyclic) bond motifs is 2. The Labute approximate surface area is 122 Å². The van der Waals surface area contributed by atoms with Crippen LogP contribution >= 0.6 is 0 Å². The third kappa shape index (κ3) is 4.19. The van der Waals surface area contributed by atoms with Crippen LogP contribution in [0.4, 0.5) is 0 Å². The van der Waals surface area contributed by atoms with E-state index in [4.69, 9.17) is 14.2 Å². The molecule has 0 aromatic heterocycles. The van der Waals surface area contributed by atoms with Gasteiger partial charge in [0.25, 0.3) is 0 Å². The molecule has 0 spiro atoms. The molecule has 20 heavy (non-hydrogen) atoms. The summed E-state index contributed by atoms with van der Waals surface area (Å²) in [4.78, 5) is 12.2. The van der Waals surface area contributed by atoms with Gasteiger partial charge in [-0.2, -0.15) is 0 Å². The lowest BCUT2D eigenvalue weighted by Crippen LogP contribution is -2.27. The van der Waals surface area contributed by atoms with Crippen LogP contribution in [0.25, 0.3) is 0 Å². The molecule has 0 aliphatic heterocycles. The first kappa shape index (κ1) is 15.8. The van der Waals surface area contributed by atoms with E-state index in [1.54, 1.807) is 0 Å². The van der Waals surface area contributed by atoms with Crippen molar-refractivity contribution in [3.8, 4) is 0 Å². The maximum Gasteiger partial charge on any atom is 0.309 e. The van der Waals surface area contributed by atoms with Crippen LogP contribution < -0.4 is 0 Å². The van der Waals surface area contributed by atoms with E-state index in [0.717, 1.165) is 12.3 Å². The van der Waals surface area contributed by atoms with Crippen LogP contribution in [0.15, 0.2) is 0 Å². The van der Waals surface area contributed by atoms with Gasteiger partial charge in [-0.05, 0) is 37.5 Å². The highest BCUT2D eigenvalue weighted by atomic mass is 16.6. The molecular formula is C16H28O4. The van der Waals surface area contributed by atoms with Crippen molar-refractivity contribution in [1.82, 2.24) is 0 Å². The largest absolute Gasteiger partial charge is 0.463 e. The predicted molar refractivity (Wildman–Crippen MR) is 76.4 cm³/mol. The van der Waals surface area contributed by atoms with Gasteiger partial charge in [-0.1, -0.05) is 19.8 Å². The summed E-state index contributed by atoms with van der Waals surface area (Å²) in [7, 11) is 0. The first-order valence-corrected chi connectivity index (χ1v) is 8.04. The summed E-state index contributed by atoms with van der Waals surface area (Å²) < 4.78 is 15.9. The van der Waals surface area contributed by atoms with Gasteiger partial charge in [0.15, 0.2) is 0 Å². The Morgan fingerprint density at radius 1 is 1.05 bits per heavy atom. The molecular weight excluding hydrogens is 256 g/mol. The molecule has 2 aliphatic rings. The Morgan fingerprint density at radius 3 is 2.60 bits per heavy atom. The van der Waals surface area contributed by atoms with Crippen LogP contribution in [0, 0.1) is 23.7 Å². The van der Waals surface area contributed by atoms with E-state index in [9.17, 15) is 4.79 Å². The van der Waals surface area contributed by atoms with Crippen LogP contribution in [0.2, 0.25) is 0 Å². The summed E-state index contributed by atoms with van der Waals surface area (Å²) in [5.74, 6) is 2.13. The van der Waals surface area contributed by atoms with Crippen molar-refractivity contribution in [3.63, 3.8) is 0 Å². The van der Waals surface area contributed by atoms with Gasteiger partial charge < -0.3 is 14.2 Å². The molecule has 0 radical (unpaired) electrons. The predicted octanol–water partition coefficient (Wildman–Crippen LogP) is 2.66. The number of rotatable bonds is 8. The first-order chi connectivity index (χ1) is 9.72. The van der Waals surface area contributed by atoms with Gasteiger partial charge in [0.1, 0.15) is 6.61 Å². The Kier molecular flexibility index (Phi) is 6.30. The van der Waals surface area contributed by atoms with E-state index in [2.05, 4.69) is 6.92 Å². The van der Waals surface area contributed by atoms with E-state index in [0.29, 0.717) is 44.9 Å². The zero-order chi connectivity index (χ0) is 14.4. The molecule has 0 amide bonds. The molecule has 0 heterocycles. The Bertz CT molecular complexity index is 305. The highest BCUT2D eigenvalue weighted by Crippen LogP contribution is 2.49. The molecule has 2 bridgehead atoms. The minimum atomic E-state index is -0.000316. The zero-order valence-corrected chi connectivity index (χ0v) is 12.8. The van der Waals surface area contributed by atoms with Gasteiger partial charge in [0, 0.05) is 6.61 Å². The van der Waals surface area contributed by atoms with E-state index in [1.807, 2.05) is 6.92 Å². The lowest BCUT2D eigenvalue weighted by molar-refractivity contribution is -0.152. The van der Waals surface area contributed by atoms with Crippen molar-refractivity contribution in [1.29, 1.82) is 0 Å². The molecule has 4 nitrogen and oxygen atoms in total. The summed E-state index contributed by atoms with van der Waals surface area (Å²) in [5, 5.41) is 0. The van der Waals surface area contributed by atoms with Crippen molar-refractivity contribution in [2.24, 2.45) is 23.7 Å². The fourth-order valence-electron chi connectivity index (χ4n) is 3.70. The average Bonchev–Trinajstić information content (AvgIpc) is 2.81. The van der Waals surface area contributed by atoms with Crippen LogP contribution in [0.5, 0.6) is 0 Å². The highest BCUT2D eigenvalue weighted by Gasteiger charge is 2.44. The second kappa shape index (κ2) is 7.99. The topological polar surface area (TPSA) is 44.8 Å². The zero-order valence-electron chi connectivity index (χ0n) is 12.8. The summed E-state index contributed by atoms with van der Waals surface area (Å²) in [6, 6.07) is 0. The second-order valence-corrected chi connectivity index (χ2v) is 6.14. The number of ether oxygens (including phenoxy) is 3. The lowest BCUT2D eigenvalue weighted by atomic mass is 9.79. The van der Waals surface area contributed by atoms with E-state index < -0.39 is 0 Å². The minimum absolute atomic E-state index is 0.000316. The molecule has 2 fully saturated rings. The molecule has 116 valence electrons. The van der Waals surface area contributed by atoms with Crippen molar-refractivity contribution >= 4 is 5.97 Å². The smallest absolute Gasteiger partial charge is 0.309 e. The van der Waals surface area contributed by atoms with E-state index in [-0.39, 0.29) is 11.9 Å². The lowest BCUT2D eigenvalue weighted by Gasteiger charge is -2.27. The molecule has 4 unspecified atom stereocenters. The fourth-order valence-corrected chi connectivity index (χ4v) is 3.70. The fraction of sp³-hybridized carbons (Fsp3) is 0.938. The number of carbonyl (C=O) groups is 1. The van der Waals surface area contributed by atoms with Crippen molar-refractivity contribution in [2.45, 2.75) is 39.5 Å². The number of carbonyl (C=O) groups excluding carboxylic acids is 1. The molecule has 0 aromatic carbocycles. The maximum atomic E-state index is 12.2. The summed E-state index contributed by atoms with van der Waals surface area (Å²) >= 11 is 0. The maximum absolute atomic E-state index is 12.2. The second-order valence-electron chi connectivity index (χ2n) is 6.14. The minimum Gasteiger partial charge on any atom is -0.463 e. The molecule has 0 aromatic rings. The quantitative estimate of drug-likeness (QED) is 0.508. The summed E-state index contributed by atoms with van der Waals surface area (Å²) in [6.07, 6.45) is 4.84. The number of esters is 1. The Balaban J connectivity index is 1.60. The third-order valence-corrected chi connectivity index (χ3v) is 4.82. The normalized spacial score (nSPS) is 32.3. The van der Waals surface area contributed by atoms with Crippen molar-refractivity contribution < 1.29 is 19.0 Å². The van der Waals surface area contributed by atoms with Crippen molar-refractivity contribution in [2.75, 3.05) is 33.0 Å². The van der Waals surface area contributed by atoms with Crippen LogP contribution in [-0.4, -0.2) is 39.0 Å². The monoisotopic (exact) mass is 284 g/mol. The van der Waals surface area contributed by atoms with Crippen molar-refractivity contribution in [3.05, 3.63) is 0 Å². The molecule has 0 saturated heterocycles. The van der Waals surface area contributed by atoms with Gasteiger partial charge in [-0.15, -0.1) is 0 Å². The number of hydrogen-bond donors (Lipinski definition) is 0. The van der Waals surface area contributed by atoms with Gasteiger partial charge in [0.05, 0.1) is 25.7 Å². The van der Waals surface area contributed by atoms with Gasteiger partial charge in [-0.25, -0.2) is 0 Å². The van der Waals surface area contributed by atoms with Gasteiger partial charge >= 0.3 is 5.97 Å². The molecule has 2 rings (SSSR count). The van der Waals surface area contributed by atoms with E-state index in [1.165, 1.54) is 19.3 Å². The SMILES string of the molecule is CCOCCOCCOC(=O)C1CC2CCC(C)C1C2. The molecule has 2 saturated carbocycles. The Morgan fingerprint density at radius 2 is 1.80 bits per heavy atom. The van der Waals surface area contributed by atoms with Crippen LogP contribution in [0.1, 0.15) is 39.5 Å². The molecule has 4 atom stereocenters. The summed E-state index contributed by atoms with van der Waals surface area (Å²) in [5.41, 5.74) is 0. The average molecular weight is 284 g/mol. The molecule has 0 N–H and O–H groups in total. The van der Waals surface area contributed by atoms with Gasteiger partial charge in [0.2, 0.25) is 0 Å². The van der Waals surface area contributed by atoms with Crippen LogP contribution in [0.3, 0.4) is 0 Å². The third-order valence-electron chi connectivity index (χ3n) is 4.82. The number of hydrogen-bond acceptors (Lipinski definition) is 4. The standard InChI is InChI=1S/C16H28O4/c1-3-18-6-7-19-8-9-20-16(17)15-11-13-5-4-12(2)14(15)10-13/h12-15H,3-11H2,1-2H3. The highest BCUT2D eigenvalue weighted by molar-refractivity contribution is 5.73. The first-order valence-electron chi connectivity index (χ1n) is 8.04. The van der Waals surface area contributed by atoms with Crippen LogP contribution in [-0.2, 0) is 19.0 Å². The van der Waals surface area contributed by atoms with Gasteiger partial charge in [-0.3, -0.25) is 4.79 Å².